The van der Waals surface area contributed by atoms with Gasteiger partial charge in [0.25, 0.3) is 0 Å². The Kier molecular flexibility index (Phi) is 3.00. The van der Waals surface area contributed by atoms with Gasteiger partial charge in [0.05, 0.1) is 6.20 Å². The summed E-state index contributed by atoms with van der Waals surface area (Å²) in [6.07, 6.45) is 1.56. The largest absolute Gasteiger partial charge is 0.458 e. The van der Waals surface area contributed by atoms with Gasteiger partial charge in [-0.2, -0.15) is 0 Å². The highest BCUT2D eigenvalue weighted by atomic mass is 16.5. The van der Waals surface area contributed by atoms with Gasteiger partial charge in [-0.05, 0) is 12.1 Å². The normalized spacial score (nSPS) is 10.1. The summed E-state index contributed by atoms with van der Waals surface area (Å²) >= 11 is 0. The molecular formula is C12H11NO3. The number of rotatable bonds is 3. The number of nitrogens with zero attached hydrogens (tertiary/aromatic N) is 1. The molecule has 0 spiro atoms. The van der Waals surface area contributed by atoms with Crippen LogP contribution < -0.4 is 0 Å². The number of benzene rings is 1. The van der Waals surface area contributed by atoms with Crippen LogP contribution in [0.15, 0.2) is 40.9 Å². The van der Waals surface area contributed by atoms with Crippen molar-refractivity contribution in [2.24, 2.45) is 0 Å². The Morgan fingerprint density at radius 1 is 1.38 bits per heavy atom. The third kappa shape index (κ3) is 2.48. The van der Waals surface area contributed by atoms with Crippen LogP contribution >= 0.6 is 0 Å². The SMILES string of the molecule is CC(=O)OCc1cnc(-c2ccccc2)o1. The molecule has 1 heterocycles. The number of ether oxygens (including phenoxy) is 1. The minimum Gasteiger partial charge on any atom is -0.458 e. The second-order valence-corrected chi connectivity index (χ2v) is 3.28. The lowest BCUT2D eigenvalue weighted by molar-refractivity contribution is -0.142. The highest BCUT2D eigenvalue weighted by molar-refractivity contribution is 5.65. The molecule has 1 aromatic carbocycles. The van der Waals surface area contributed by atoms with E-state index in [2.05, 4.69) is 4.98 Å². The number of oxazole rings is 1. The number of aromatic nitrogens is 1. The van der Waals surface area contributed by atoms with E-state index < -0.39 is 0 Å². The lowest BCUT2D eigenvalue weighted by Gasteiger charge is -1.97. The fraction of sp³-hybridized carbons (Fsp3) is 0.167. The summed E-state index contributed by atoms with van der Waals surface area (Å²) in [5.41, 5.74) is 0.900. The van der Waals surface area contributed by atoms with Crippen LogP contribution in [0.4, 0.5) is 0 Å². The lowest BCUT2D eigenvalue weighted by Crippen LogP contribution is -1.97. The quantitative estimate of drug-likeness (QED) is 0.741. The van der Waals surface area contributed by atoms with Gasteiger partial charge < -0.3 is 9.15 Å². The first-order valence-electron chi connectivity index (χ1n) is 4.89. The zero-order chi connectivity index (χ0) is 11.4. The summed E-state index contributed by atoms with van der Waals surface area (Å²) < 4.78 is 10.2. The summed E-state index contributed by atoms with van der Waals surface area (Å²) in [4.78, 5) is 14.7. The molecule has 1 aromatic heterocycles. The summed E-state index contributed by atoms with van der Waals surface area (Å²) in [7, 11) is 0. The number of carbonyl (C=O) groups is 1. The van der Waals surface area contributed by atoms with Crippen LogP contribution in [0, 0.1) is 0 Å². The van der Waals surface area contributed by atoms with Crippen LogP contribution in [0.1, 0.15) is 12.7 Å². The van der Waals surface area contributed by atoms with E-state index in [1.54, 1.807) is 6.20 Å². The van der Waals surface area contributed by atoms with E-state index >= 15 is 0 Å². The first-order valence-corrected chi connectivity index (χ1v) is 4.89. The van der Waals surface area contributed by atoms with Crippen LogP contribution in [-0.4, -0.2) is 11.0 Å². The zero-order valence-corrected chi connectivity index (χ0v) is 8.84. The monoisotopic (exact) mass is 217 g/mol. The standard InChI is InChI=1S/C12H11NO3/c1-9(14)15-8-11-7-13-12(16-11)10-5-3-2-4-6-10/h2-7H,8H2,1H3. The predicted molar refractivity (Wildman–Crippen MR) is 57.4 cm³/mol. The Morgan fingerprint density at radius 3 is 2.81 bits per heavy atom. The molecule has 0 bridgehead atoms. The fourth-order valence-corrected chi connectivity index (χ4v) is 1.26. The maximum Gasteiger partial charge on any atom is 0.303 e. The predicted octanol–water partition coefficient (Wildman–Crippen LogP) is 2.40. The van der Waals surface area contributed by atoms with Crippen molar-refractivity contribution in [1.82, 2.24) is 4.98 Å². The molecule has 2 rings (SSSR count). The molecule has 4 heteroatoms. The van der Waals surface area contributed by atoms with Gasteiger partial charge in [-0.1, -0.05) is 18.2 Å². The average molecular weight is 217 g/mol. The maximum absolute atomic E-state index is 10.6. The number of hydrogen-bond acceptors (Lipinski definition) is 4. The first kappa shape index (κ1) is 10.4. The van der Waals surface area contributed by atoms with E-state index in [4.69, 9.17) is 9.15 Å². The van der Waals surface area contributed by atoms with Crippen molar-refractivity contribution >= 4 is 5.97 Å². The van der Waals surface area contributed by atoms with E-state index in [9.17, 15) is 4.79 Å². The van der Waals surface area contributed by atoms with Crippen molar-refractivity contribution in [3.63, 3.8) is 0 Å². The minimum atomic E-state index is -0.335. The summed E-state index contributed by atoms with van der Waals surface area (Å²) in [5, 5.41) is 0. The van der Waals surface area contributed by atoms with Crippen molar-refractivity contribution < 1.29 is 13.9 Å². The molecule has 0 radical (unpaired) electrons. The van der Waals surface area contributed by atoms with E-state index in [1.165, 1.54) is 6.92 Å². The molecule has 16 heavy (non-hydrogen) atoms. The van der Waals surface area contributed by atoms with Crippen molar-refractivity contribution in [2.45, 2.75) is 13.5 Å². The average Bonchev–Trinajstić information content (AvgIpc) is 2.76. The molecule has 4 nitrogen and oxygen atoms in total. The Hall–Kier alpha value is -2.10. The molecule has 0 saturated heterocycles. The summed E-state index contributed by atoms with van der Waals surface area (Å²) in [6, 6.07) is 9.55. The summed E-state index contributed by atoms with van der Waals surface area (Å²) in [6.45, 7) is 1.48. The topological polar surface area (TPSA) is 52.3 Å². The van der Waals surface area contributed by atoms with Gasteiger partial charge in [0.15, 0.2) is 12.4 Å². The molecule has 0 aliphatic carbocycles. The van der Waals surface area contributed by atoms with Crippen LogP contribution in [0.5, 0.6) is 0 Å². The van der Waals surface area contributed by atoms with Crippen LogP contribution in [0.25, 0.3) is 11.5 Å². The van der Waals surface area contributed by atoms with Crippen molar-refractivity contribution in [3.8, 4) is 11.5 Å². The zero-order valence-electron chi connectivity index (χ0n) is 8.84. The number of hydrogen-bond donors (Lipinski definition) is 0. The Morgan fingerprint density at radius 2 is 2.12 bits per heavy atom. The molecular weight excluding hydrogens is 206 g/mol. The van der Waals surface area contributed by atoms with E-state index in [1.807, 2.05) is 30.3 Å². The van der Waals surface area contributed by atoms with Gasteiger partial charge in [0.2, 0.25) is 5.89 Å². The number of esters is 1. The first-order chi connectivity index (χ1) is 7.75. The van der Waals surface area contributed by atoms with Gasteiger partial charge in [-0.3, -0.25) is 4.79 Å². The van der Waals surface area contributed by atoms with E-state index in [0.29, 0.717) is 11.7 Å². The molecule has 0 amide bonds. The second kappa shape index (κ2) is 4.61. The van der Waals surface area contributed by atoms with Gasteiger partial charge in [-0.15, -0.1) is 0 Å². The van der Waals surface area contributed by atoms with Crippen molar-refractivity contribution in [3.05, 3.63) is 42.3 Å². The molecule has 0 aliphatic rings. The molecule has 0 aliphatic heterocycles. The van der Waals surface area contributed by atoms with E-state index in [0.717, 1.165) is 5.56 Å². The smallest absolute Gasteiger partial charge is 0.303 e. The van der Waals surface area contributed by atoms with Crippen LogP contribution in [-0.2, 0) is 16.1 Å². The third-order valence-electron chi connectivity index (χ3n) is 1.99. The summed E-state index contributed by atoms with van der Waals surface area (Å²) in [5.74, 6) is 0.731. The minimum absolute atomic E-state index is 0.120. The molecule has 0 N–H and O–H groups in total. The lowest BCUT2D eigenvalue weighted by atomic mass is 10.2. The highest BCUT2D eigenvalue weighted by Gasteiger charge is 2.06. The Balaban J connectivity index is 2.11. The number of carbonyl (C=O) groups excluding carboxylic acids is 1. The van der Waals surface area contributed by atoms with Crippen LogP contribution in [0.2, 0.25) is 0 Å². The van der Waals surface area contributed by atoms with Crippen molar-refractivity contribution in [1.29, 1.82) is 0 Å². The van der Waals surface area contributed by atoms with Crippen LogP contribution in [0.3, 0.4) is 0 Å². The molecule has 0 unspecified atom stereocenters. The van der Waals surface area contributed by atoms with E-state index in [-0.39, 0.29) is 12.6 Å². The molecule has 0 fully saturated rings. The van der Waals surface area contributed by atoms with Gasteiger partial charge >= 0.3 is 5.97 Å². The third-order valence-corrected chi connectivity index (χ3v) is 1.99. The van der Waals surface area contributed by atoms with Gasteiger partial charge in [0, 0.05) is 12.5 Å². The molecule has 82 valence electrons. The Bertz CT molecular complexity index is 476. The Labute approximate surface area is 92.9 Å². The van der Waals surface area contributed by atoms with Gasteiger partial charge in [0.1, 0.15) is 0 Å². The molecule has 2 aromatic rings. The fourth-order valence-electron chi connectivity index (χ4n) is 1.26. The van der Waals surface area contributed by atoms with Gasteiger partial charge in [-0.25, -0.2) is 4.98 Å². The maximum atomic E-state index is 10.6. The van der Waals surface area contributed by atoms with Crippen molar-refractivity contribution in [2.75, 3.05) is 0 Å². The highest BCUT2D eigenvalue weighted by Crippen LogP contribution is 2.18. The second-order valence-electron chi connectivity index (χ2n) is 3.28. The molecule has 0 saturated carbocycles. The molecule has 0 atom stereocenters.